The maximum atomic E-state index is 12.1. The fraction of sp³-hybridized carbons (Fsp3) is 0.417. The van der Waals surface area contributed by atoms with E-state index in [1.54, 1.807) is 19.1 Å². The van der Waals surface area contributed by atoms with E-state index in [0.717, 1.165) is 0 Å². The van der Waals surface area contributed by atoms with E-state index >= 15 is 0 Å². The molecule has 1 rings (SSSR count). The predicted molar refractivity (Wildman–Crippen MR) is 70.1 cm³/mol. The van der Waals surface area contributed by atoms with Gasteiger partial charge in [-0.15, -0.1) is 0 Å². The minimum absolute atomic E-state index is 0.0386. The van der Waals surface area contributed by atoms with Crippen LogP contribution in [0.15, 0.2) is 22.9 Å². The molecule has 0 aliphatic heterocycles. The molecule has 0 fully saturated rings. The molecule has 1 aromatic rings. The van der Waals surface area contributed by atoms with Crippen LogP contribution >= 0.6 is 15.9 Å². The van der Waals surface area contributed by atoms with Crippen molar-refractivity contribution < 1.29 is 14.3 Å². The molecule has 98 valence electrons. The number of ether oxygens (including phenoxy) is 1. The number of halogens is 1. The van der Waals surface area contributed by atoms with Crippen LogP contribution < -0.4 is 0 Å². The van der Waals surface area contributed by atoms with Crippen molar-refractivity contribution in [1.82, 2.24) is 9.88 Å². The number of esters is 1. The number of rotatable bonds is 5. The van der Waals surface area contributed by atoms with Gasteiger partial charge in [0.2, 0.25) is 0 Å². The molecular weight excluding hydrogens is 300 g/mol. The number of carbonyl (C=O) groups excluding carboxylic acids is 2. The summed E-state index contributed by atoms with van der Waals surface area (Å²) in [7, 11) is 0. The van der Waals surface area contributed by atoms with Gasteiger partial charge in [-0.1, -0.05) is 0 Å². The van der Waals surface area contributed by atoms with Crippen molar-refractivity contribution in [3.8, 4) is 0 Å². The molecule has 0 aromatic carbocycles. The van der Waals surface area contributed by atoms with Gasteiger partial charge in [-0.2, -0.15) is 0 Å². The highest BCUT2D eigenvalue weighted by Crippen LogP contribution is 2.10. The van der Waals surface area contributed by atoms with Crippen molar-refractivity contribution >= 4 is 27.8 Å². The van der Waals surface area contributed by atoms with Gasteiger partial charge in [-0.25, -0.2) is 4.98 Å². The number of pyridine rings is 1. The molecule has 1 aromatic heterocycles. The third kappa shape index (κ3) is 4.10. The van der Waals surface area contributed by atoms with E-state index in [1.165, 1.54) is 11.1 Å². The fourth-order valence-corrected chi connectivity index (χ4v) is 1.77. The lowest BCUT2D eigenvalue weighted by molar-refractivity contribution is -0.143. The van der Waals surface area contributed by atoms with Crippen molar-refractivity contribution in [2.45, 2.75) is 13.8 Å². The Balaban J connectivity index is 2.76. The average Bonchev–Trinajstić information content (AvgIpc) is 2.35. The quantitative estimate of drug-likeness (QED) is 0.615. The minimum atomic E-state index is -0.402. The van der Waals surface area contributed by atoms with Gasteiger partial charge in [0, 0.05) is 18.3 Å². The Hall–Kier alpha value is -1.43. The highest BCUT2D eigenvalue weighted by molar-refractivity contribution is 9.10. The first-order valence-electron chi connectivity index (χ1n) is 5.65. The molecule has 0 unspecified atom stereocenters. The van der Waals surface area contributed by atoms with Gasteiger partial charge < -0.3 is 9.64 Å². The fourth-order valence-electron chi connectivity index (χ4n) is 1.41. The van der Waals surface area contributed by atoms with Crippen LogP contribution in [0.5, 0.6) is 0 Å². The second-order valence-electron chi connectivity index (χ2n) is 3.49. The van der Waals surface area contributed by atoms with Gasteiger partial charge in [-0.3, -0.25) is 9.59 Å². The van der Waals surface area contributed by atoms with Crippen molar-refractivity contribution in [3.05, 3.63) is 28.5 Å². The molecule has 0 N–H and O–H groups in total. The summed E-state index contributed by atoms with van der Waals surface area (Å²) in [6, 6.07) is 3.23. The molecule has 0 aliphatic rings. The van der Waals surface area contributed by atoms with Crippen LogP contribution in [0.3, 0.4) is 0 Å². The monoisotopic (exact) mass is 314 g/mol. The molecule has 1 heterocycles. The van der Waals surface area contributed by atoms with Crippen LogP contribution in [-0.4, -0.2) is 41.5 Å². The molecule has 0 spiro atoms. The zero-order valence-corrected chi connectivity index (χ0v) is 11.9. The molecule has 6 heteroatoms. The topological polar surface area (TPSA) is 59.5 Å². The highest BCUT2D eigenvalue weighted by atomic mass is 79.9. The third-order valence-corrected chi connectivity index (χ3v) is 2.70. The summed E-state index contributed by atoms with van der Waals surface area (Å²) in [5.41, 5.74) is 0.489. The van der Waals surface area contributed by atoms with Gasteiger partial charge in [0.1, 0.15) is 11.1 Å². The number of hydrogen-bond acceptors (Lipinski definition) is 4. The van der Waals surface area contributed by atoms with E-state index in [1.807, 2.05) is 6.92 Å². The molecule has 0 radical (unpaired) electrons. The zero-order valence-electron chi connectivity index (χ0n) is 10.4. The summed E-state index contributed by atoms with van der Waals surface area (Å²) in [5.74, 6) is -0.616. The van der Waals surface area contributed by atoms with Gasteiger partial charge in [-0.05, 0) is 41.9 Å². The lowest BCUT2D eigenvalue weighted by Crippen LogP contribution is -2.36. The van der Waals surface area contributed by atoms with Crippen LogP contribution in [0.25, 0.3) is 0 Å². The van der Waals surface area contributed by atoms with E-state index < -0.39 is 5.97 Å². The summed E-state index contributed by atoms with van der Waals surface area (Å²) in [6.07, 6.45) is 1.54. The van der Waals surface area contributed by atoms with E-state index in [2.05, 4.69) is 20.9 Å². The second kappa shape index (κ2) is 7.10. The van der Waals surface area contributed by atoms with Crippen molar-refractivity contribution in [1.29, 1.82) is 0 Å². The summed E-state index contributed by atoms with van der Waals surface area (Å²) >= 11 is 3.20. The van der Waals surface area contributed by atoms with Crippen LogP contribution in [0.2, 0.25) is 0 Å². The Morgan fingerprint density at radius 2 is 2.17 bits per heavy atom. The SMILES string of the molecule is CCOC(=O)CN(CC)C(=O)c1ccnc(Br)c1. The van der Waals surface area contributed by atoms with Gasteiger partial charge >= 0.3 is 5.97 Å². The van der Waals surface area contributed by atoms with Crippen LogP contribution in [-0.2, 0) is 9.53 Å². The average molecular weight is 315 g/mol. The molecule has 0 atom stereocenters. The Labute approximate surface area is 114 Å². The molecule has 1 amide bonds. The minimum Gasteiger partial charge on any atom is -0.465 e. The number of likely N-dealkylation sites (N-methyl/N-ethyl adjacent to an activating group) is 1. The first kappa shape index (κ1) is 14.6. The largest absolute Gasteiger partial charge is 0.465 e. The first-order valence-corrected chi connectivity index (χ1v) is 6.44. The number of aromatic nitrogens is 1. The number of amides is 1. The van der Waals surface area contributed by atoms with E-state index in [4.69, 9.17) is 4.74 Å². The molecule has 5 nitrogen and oxygen atoms in total. The number of nitrogens with zero attached hydrogens (tertiary/aromatic N) is 2. The highest BCUT2D eigenvalue weighted by Gasteiger charge is 2.18. The van der Waals surface area contributed by atoms with Crippen molar-refractivity contribution in [2.24, 2.45) is 0 Å². The first-order chi connectivity index (χ1) is 8.58. The van der Waals surface area contributed by atoms with Crippen LogP contribution in [0, 0.1) is 0 Å². The maximum absolute atomic E-state index is 12.1. The smallest absolute Gasteiger partial charge is 0.325 e. The maximum Gasteiger partial charge on any atom is 0.325 e. The molecule has 0 bridgehead atoms. The van der Waals surface area contributed by atoms with Crippen molar-refractivity contribution in [3.63, 3.8) is 0 Å². The number of carbonyl (C=O) groups is 2. The molecule has 18 heavy (non-hydrogen) atoms. The number of hydrogen-bond donors (Lipinski definition) is 0. The third-order valence-electron chi connectivity index (χ3n) is 2.27. The van der Waals surface area contributed by atoms with E-state index in [9.17, 15) is 9.59 Å². The van der Waals surface area contributed by atoms with Gasteiger partial charge in [0.15, 0.2) is 0 Å². The molecule has 0 aliphatic carbocycles. The van der Waals surface area contributed by atoms with Crippen LogP contribution in [0.1, 0.15) is 24.2 Å². The normalized spacial score (nSPS) is 9.94. The Kier molecular flexibility index (Phi) is 5.77. The Morgan fingerprint density at radius 3 is 2.72 bits per heavy atom. The van der Waals surface area contributed by atoms with Crippen molar-refractivity contribution in [2.75, 3.05) is 19.7 Å². The standard InChI is InChI=1S/C12H15BrN2O3/c1-3-15(8-11(16)18-4-2)12(17)9-5-6-14-10(13)7-9/h5-7H,3-4,8H2,1-2H3. The van der Waals surface area contributed by atoms with Gasteiger partial charge in [0.25, 0.3) is 5.91 Å². The lowest BCUT2D eigenvalue weighted by Gasteiger charge is -2.19. The second-order valence-corrected chi connectivity index (χ2v) is 4.30. The lowest BCUT2D eigenvalue weighted by atomic mass is 10.2. The van der Waals surface area contributed by atoms with E-state index in [0.29, 0.717) is 23.3 Å². The zero-order chi connectivity index (χ0) is 13.5. The summed E-state index contributed by atoms with van der Waals surface area (Å²) in [5, 5.41) is 0. The van der Waals surface area contributed by atoms with Crippen LogP contribution in [0.4, 0.5) is 0 Å². The predicted octanol–water partition coefficient (Wildman–Crippen LogP) is 1.87. The van der Waals surface area contributed by atoms with Gasteiger partial charge in [0.05, 0.1) is 6.61 Å². The Bertz CT molecular complexity index is 437. The Morgan fingerprint density at radius 1 is 1.44 bits per heavy atom. The molecular formula is C12H15BrN2O3. The van der Waals surface area contributed by atoms with E-state index in [-0.39, 0.29) is 12.5 Å². The molecule has 0 saturated carbocycles. The molecule has 0 saturated heterocycles. The summed E-state index contributed by atoms with van der Waals surface area (Å²) in [4.78, 5) is 28.9. The summed E-state index contributed by atoms with van der Waals surface area (Å²) in [6.45, 7) is 4.26. The summed E-state index contributed by atoms with van der Waals surface area (Å²) < 4.78 is 5.41.